The predicted molar refractivity (Wildman–Crippen MR) is 101 cm³/mol. The van der Waals surface area contributed by atoms with Crippen LogP contribution in [0.5, 0.6) is 0 Å². The van der Waals surface area contributed by atoms with Crippen LogP contribution in [0.2, 0.25) is 0 Å². The lowest BCUT2D eigenvalue weighted by Crippen LogP contribution is -2.42. The molecule has 2 aliphatic rings. The van der Waals surface area contributed by atoms with Gasteiger partial charge in [-0.1, -0.05) is 6.07 Å². The largest absolute Gasteiger partial charge is 0.338 e. The zero-order valence-electron chi connectivity index (χ0n) is 15.4. The minimum atomic E-state index is 0.126. The van der Waals surface area contributed by atoms with Crippen molar-refractivity contribution in [3.63, 3.8) is 0 Å². The standard InChI is InChI=1S/C21H26N4O/c1-17-4-2-6-19(23-17)15-24-11-7-21(8-12-24)9-13-25(16-21)20(26)18-5-3-10-22-14-18/h2-6,10,14H,7-9,11-13,15-16H2,1H3. The Hall–Kier alpha value is -2.27. The van der Waals surface area contributed by atoms with Crippen LogP contribution in [0.3, 0.4) is 0 Å². The molecule has 0 unspecified atom stereocenters. The molecule has 2 fully saturated rings. The van der Waals surface area contributed by atoms with Crippen molar-refractivity contribution >= 4 is 5.91 Å². The molecular formula is C21H26N4O. The first kappa shape index (κ1) is 17.2. The third-order valence-electron chi connectivity index (χ3n) is 5.88. The lowest BCUT2D eigenvalue weighted by molar-refractivity contribution is 0.0712. The number of carbonyl (C=O) groups excluding carboxylic acids is 1. The molecule has 2 aliphatic heterocycles. The van der Waals surface area contributed by atoms with Crippen LogP contribution in [0.1, 0.15) is 41.0 Å². The van der Waals surface area contributed by atoms with E-state index in [2.05, 4.69) is 27.0 Å². The van der Waals surface area contributed by atoms with E-state index in [4.69, 9.17) is 0 Å². The average molecular weight is 350 g/mol. The second-order valence-corrected chi connectivity index (χ2v) is 7.76. The second kappa shape index (κ2) is 7.16. The normalized spacial score (nSPS) is 19.8. The molecule has 0 saturated carbocycles. The van der Waals surface area contributed by atoms with Crippen molar-refractivity contribution < 1.29 is 4.79 Å². The number of hydrogen-bond acceptors (Lipinski definition) is 4. The number of hydrogen-bond donors (Lipinski definition) is 0. The second-order valence-electron chi connectivity index (χ2n) is 7.76. The highest BCUT2D eigenvalue weighted by atomic mass is 16.2. The third-order valence-corrected chi connectivity index (χ3v) is 5.88. The average Bonchev–Trinajstić information content (AvgIpc) is 3.08. The number of carbonyl (C=O) groups is 1. The number of rotatable bonds is 3. The Kier molecular flexibility index (Phi) is 4.72. The SMILES string of the molecule is Cc1cccc(CN2CCC3(CC2)CCN(C(=O)c2cccnc2)C3)n1. The van der Waals surface area contributed by atoms with Gasteiger partial charge in [0.1, 0.15) is 0 Å². The fourth-order valence-corrected chi connectivity index (χ4v) is 4.29. The van der Waals surface area contributed by atoms with Crippen molar-refractivity contribution in [3.8, 4) is 0 Å². The molecule has 0 N–H and O–H groups in total. The van der Waals surface area contributed by atoms with Gasteiger partial charge in [0.2, 0.25) is 0 Å². The molecule has 2 saturated heterocycles. The Morgan fingerprint density at radius 2 is 1.92 bits per heavy atom. The topological polar surface area (TPSA) is 49.3 Å². The number of piperidine rings is 1. The Morgan fingerprint density at radius 1 is 1.12 bits per heavy atom. The summed E-state index contributed by atoms with van der Waals surface area (Å²) < 4.78 is 0. The molecule has 2 aromatic heterocycles. The van der Waals surface area contributed by atoms with Gasteiger partial charge in [0.25, 0.3) is 5.91 Å². The van der Waals surface area contributed by atoms with E-state index in [0.29, 0.717) is 11.0 Å². The zero-order valence-corrected chi connectivity index (χ0v) is 15.4. The summed E-state index contributed by atoms with van der Waals surface area (Å²) in [6.07, 6.45) is 6.83. The van der Waals surface area contributed by atoms with Gasteiger partial charge < -0.3 is 4.90 Å². The maximum atomic E-state index is 12.7. The molecule has 5 nitrogen and oxygen atoms in total. The zero-order chi connectivity index (χ0) is 18.0. The third kappa shape index (κ3) is 3.63. The summed E-state index contributed by atoms with van der Waals surface area (Å²) in [6, 6.07) is 9.93. The number of pyridine rings is 2. The number of nitrogens with zero attached hydrogens (tertiary/aromatic N) is 4. The van der Waals surface area contributed by atoms with Gasteiger partial charge >= 0.3 is 0 Å². The minimum absolute atomic E-state index is 0.126. The van der Waals surface area contributed by atoms with Crippen molar-refractivity contribution in [1.29, 1.82) is 0 Å². The molecule has 1 spiro atoms. The number of aromatic nitrogens is 2. The quantitative estimate of drug-likeness (QED) is 0.854. The van der Waals surface area contributed by atoms with Gasteiger partial charge in [-0.3, -0.25) is 19.7 Å². The van der Waals surface area contributed by atoms with E-state index in [1.165, 1.54) is 0 Å². The van der Waals surface area contributed by atoms with Crippen LogP contribution in [0, 0.1) is 12.3 Å². The predicted octanol–water partition coefficient (Wildman–Crippen LogP) is 2.91. The Morgan fingerprint density at radius 3 is 2.65 bits per heavy atom. The van der Waals surface area contributed by atoms with E-state index in [0.717, 1.165) is 63.4 Å². The van der Waals surface area contributed by atoms with Gasteiger partial charge in [-0.2, -0.15) is 0 Å². The Labute approximate surface area is 155 Å². The van der Waals surface area contributed by atoms with Gasteiger partial charge in [0.05, 0.1) is 11.3 Å². The van der Waals surface area contributed by atoms with Gasteiger partial charge in [-0.05, 0) is 69.0 Å². The summed E-state index contributed by atoms with van der Waals surface area (Å²) in [5, 5.41) is 0. The van der Waals surface area contributed by atoms with Crippen molar-refractivity contribution in [3.05, 3.63) is 59.7 Å². The Balaban J connectivity index is 1.34. The lowest BCUT2D eigenvalue weighted by atomic mass is 9.78. The van der Waals surface area contributed by atoms with E-state index < -0.39 is 0 Å². The van der Waals surface area contributed by atoms with Crippen LogP contribution < -0.4 is 0 Å². The molecule has 0 atom stereocenters. The number of amides is 1. The highest BCUT2D eigenvalue weighted by Crippen LogP contribution is 2.41. The molecular weight excluding hydrogens is 324 g/mol. The molecule has 26 heavy (non-hydrogen) atoms. The summed E-state index contributed by atoms with van der Waals surface area (Å²) in [4.78, 5) is 25.9. The molecule has 4 rings (SSSR count). The van der Waals surface area contributed by atoms with Crippen molar-refractivity contribution in [2.45, 2.75) is 32.7 Å². The van der Waals surface area contributed by atoms with Crippen LogP contribution in [0.15, 0.2) is 42.7 Å². The Bertz CT molecular complexity index is 769. The fraction of sp³-hybridized carbons (Fsp3) is 0.476. The molecule has 5 heteroatoms. The highest BCUT2D eigenvalue weighted by molar-refractivity contribution is 5.94. The molecule has 0 aromatic carbocycles. The summed E-state index contributed by atoms with van der Waals surface area (Å²) in [5.74, 6) is 0.126. The number of aryl methyl sites for hydroxylation is 1. The van der Waals surface area contributed by atoms with Gasteiger partial charge in [-0.25, -0.2) is 0 Å². The summed E-state index contributed by atoms with van der Waals surface area (Å²) in [7, 11) is 0. The smallest absolute Gasteiger partial charge is 0.255 e. The van der Waals surface area contributed by atoms with Crippen molar-refractivity contribution in [2.24, 2.45) is 5.41 Å². The first-order chi connectivity index (χ1) is 12.6. The van der Waals surface area contributed by atoms with Crippen molar-refractivity contribution in [1.82, 2.24) is 19.8 Å². The van der Waals surface area contributed by atoms with Gasteiger partial charge in [0.15, 0.2) is 0 Å². The van der Waals surface area contributed by atoms with E-state index in [1.54, 1.807) is 12.4 Å². The van der Waals surface area contributed by atoms with Crippen LogP contribution in [0.25, 0.3) is 0 Å². The van der Waals surface area contributed by atoms with Crippen LogP contribution in [0.4, 0.5) is 0 Å². The highest BCUT2D eigenvalue weighted by Gasteiger charge is 2.42. The first-order valence-electron chi connectivity index (χ1n) is 9.48. The first-order valence-corrected chi connectivity index (χ1v) is 9.48. The lowest BCUT2D eigenvalue weighted by Gasteiger charge is -2.39. The summed E-state index contributed by atoms with van der Waals surface area (Å²) in [6.45, 7) is 6.90. The van der Waals surface area contributed by atoms with E-state index in [-0.39, 0.29) is 5.91 Å². The van der Waals surface area contributed by atoms with E-state index >= 15 is 0 Å². The molecule has 1 amide bonds. The van der Waals surface area contributed by atoms with Crippen LogP contribution >= 0.6 is 0 Å². The summed E-state index contributed by atoms with van der Waals surface area (Å²) >= 11 is 0. The summed E-state index contributed by atoms with van der Waals surface area (Å²) in [5.41, 5.74) is 3.23. The molecule has 2 aromatic rings. The van der Waals surface area contributed by atoms with Crippen LogP contribution in [-0.2, 0) is 6.54 Å². The number of likely N-dealkylation sites (tertiary alicyclic amines) is 2. The maximum absolute atomic E-state index is 12.7. The van der Waals surface area contributed by atoms with Gasteiger partial charge in [-0.15, -0.1) is 0 Å². The molecule has 0 bridgehead atoms. The molecule has 136 valence electrons. The van der Waals surface area contributed by atoms with E-state index in [9.17, 15) is 4.79 Å². The fourth-order valence-electron chi connectivity index (χ4n) is 4.29. The minimum Gasteiger partial charge on any atom is -0.338 e. The molecule has 0 aliphatic carbocycles. The van der Waals surface area contributed by atoms with Crippen molar-refractivity contribution in [2.75, 3.05) is 26.2 Å². The maximum Gasteiger partial charge on any atom is 0.255 e. The van der Waals surface area contributed by atoms with Gasteiger partial charge in [0, 0.05) is 37.7 Å². The van der Waals surface area contributed by atoms with E-state index in [1.807, 2.05) is 30.0 Å². The monoisotopic (exact) mass is 350 g/mol. The molecule has 0 radical (unpaired) electrons. The van der Waals surface area contributed by atoms with Crippen LogP contribution in [-0.4, -0.2) is 51.9 Å². The molecule has 4 heterocycles.